The van der Waals surface area contributed by atoms with Gasteiger partial charge in [-0.05, 0) is 48.9 Å². The Labute approximate surface area is 106 Å². The molecule has 1 heterocycles. The zero-order valence-corrected chi connectivity index (χ0v) is 10.6. The van der Waals surface area contributed by atoms with Gasteiger partial charge in [0.05, 0.1) is 6.00 Å². The largest absolute Gasteiger partial charge is 0.358 e. The highest BCUT2D eigenvalue weighted by Crippen LogP contribution is 2.29. The van der Waals surface area contributed by atoms with Crippen molar-refractivity contribution in [3.8, 4) is 0 Å². The van der Waals surface area contributed by atoms with Crippen molar-refractivity contribution >= 4 is 22.5 Å². The van der Waals surface area contributed by atoms with Gasteiger partial charge >= 0.3 is 0 Å². The molecule has 2 N–H and O–H groups in total. The number of nitrogens with one attached hydrogen (secondary N) is 2. The Morgan fingerprint density at radius 3 is 3.00 bits per heavy atom. The van der Waals surface area contributed by atoms with Gasteiger partial charge in [0.15, 0.2) is 0 Å². The van der Waals surface area contributed by atoms with Crippen molar-refractivity contribution in [2.45, 2.75) is 32.2 Å². The number of benzene rings is 1. The molecule has 90 valence electrons. The van der Waals surface area contributed by atoms with E-state index in [-0.39, 0.29) is 0 Å². The molecule has 0 spiro atoms. The SMILES string of the molecule is ClCNCc1ccc2[nH]c3c(c2c1)CCCC3. The van der Waals surface area contributed by atoms with Gasteiger partial charge in [-0.1, -0.05) is 6.07 Å². The molecular weight excluding hydrogens is 232 g/mol. The second-order valence-electron chi connectivity index (χ2n) is 4.73. The molecule has 0 atom stereocenters. The highest BCUT2D eigenvalue weighted by molar-refractivity contribution is 6.17. The number of aryl methyl sites for hydroxylation is 2. The summed E-state index contributed by atoms with van der Waals surface area (Å²) >= 11 is 5.65. The second kappa shape index (κ2) is 4.71. The molecule has 3 rings (SSSR count). The maximum Gasteiger partial charge on any atom is 0.0716 e. The van der Waals surface area contributed by atoms with Crippen molar-refractivity contribution in [1.29, 1.82) is 0 Å². The molecule has 0 fully saturated rings. The highest BCUT2D eigenvalue weighted by atomic mass is 35.5. The second-order valence-corrected chi connectivity index (χ2v) is 5.00. The fourth-order valence-electron chi connectivity index (χ4n) is 2.75. The molecule has 1 aliphatic carbocycles. The van der Waals surface area contributed by atoms with Crippen molar-refractivity contribution in [1.82, 2.24) is 10.3 Å². The Morgan fingerprint density at radius 2 is 2.12 bits per heavy atom. The average Bonchev–Trinajstić information content (AvgIpc) is 2.74. The first-order valence-corrected chi connectivity index (χ1v) is 6.81. The number of hydrogen-bond acceptors (Lipinski definition) is 1. The number of aromatic nitrogens is 1. The van der Waals surface area contributed by atoms with E-state index in [1.165, 1.54) is 47.8 Å². The lowest BCUT2D eigenvalue weighted by atomic mass is 9.95. The average molecular weight is 249 g/mol. The van der Waals surface area contributed by atoms with Crippen LogP contribution in [0.4, 0.5) is 0 Å². The van der Waals surface area contributed by atoms with Crippen LogP contribution in [0.15, 0.2) is 18.2 Å². The quantitative estimate of drug-likeness (QED) is 0.633. The third-order valence-corrected chi connectivity index (χ3v) is 3.78. The number of aromatic amines is 1. The Kier molecular flexibility index (Phi) is 3.08. The molecule has 17 heavy (non-hydrogen) atoms. The summed E-state index contributed by atoms with van der Waals surface area (Å²) < 4.78 is 0. The number of H-pyrrole nitrogens is 1. The number of rotatable bonds is 3. The molecule has 0 aliphatic heterocycles. The van der Waals surface area contributed by atoms with E-state index < -0.39 is 0 Å². The summed E-state index contributed by atoms with van der Waals surface area (Å²) in [6.45, 7) is 0.847. The van der Waals surface area contributed by atoms with E-state index in [1.54, 1.807) is 5.56 Å². The van der Waals surface area contributed by atoms with Crippen LogP contribution in [0.3, 0.4) is 0 Å². The number of fused-ring (bicyclic) bond motifs is 3. The topological polar surface area (TPSA) is 27.8 Å². The molecule has 0 unspecified atom stereocenters. The Balaban J connectivity index is 2.02. The van der Waals surface area contributed by atoms with Crippen molar-refractivity contribution in [3.63, 3.8) is 0 Å². The van der Waals surface area contributed by atoms with E-state index in [0.29, 0.717) is 6.00 Å². The van der Waals surface area contributed by atoms with Crippen LogP contribution in [0, 0.1) is 0 Å². The van der Waals surface area contributed by atoms with Crippen molar-refractivity contribution in [2.75, 3.05) is 6.00 Å². The molecule has 3 heteroatoms. The third kappa shape index (κ3) is 2.07. The van der Waals surface area contributed by atoms with Gasteiger partial charge in [-0.2, -0.15) is 0 Å². The number of halogens is 1. The van der Waals surface area contributed by atoms with Gasteiger partial charge in [0.2, 0.25) is 0 Å². The minimum absolute atomic E-state index is 0.503. The van der Waals surface area contributed by atoms with Crippen LogP contribution in [0.1, 0.15) is 29.7 Å². The van der Waals surface area contributed by atoms with E-state index in [2.05, 4.69) is 28.5 Å². The highest BCUT2D eigenvalue weighted by Gasteiger charge is 2.15. The first-order valence-electron chi connectivity index (χ1n) is 6.27. The van der Waals surface area contributed by atoms with Crippen LogP contribution in [0.5, 0.6) is 0 Å². The Bertz CT molecular complexity index is 530. The first-order chi connectivity index (χ1) is 8.38. The minimum Gasteiger partial charge on any atom is -0.358 e. The minimum atomic E-state index is 0.503. The Hall–Kier alpha value is -0.990. The molecule has 0 saturated heterocycles. The van der Waals surface area contributed by atoms with Crippen molar-refractivity contribution in [3.05, 3.63) is 35.0 Å². The van der Waals surface area contributed by atoms with Gasteiger partial charge in [-0.3, -0.25) is 5.32 Å². The van der Waals surface area contributed by atoms with Gasteiger partial charge in [0.25, 0.3) is 0 Å². The molecule has 0 amide bonds. The zero-order chi connectivity index (χ0) is 11.7. The maximum atomic E-state index is 5.65. The molecule has 0 radical (unpaired) electrons. The summed E-state index contributed by atoms with van der Waals surface area (Å²) in [4.78, 5) is 3.55. The number of alkyl halides is 1. The van der Waals surface area contributed by atoms with E-state index in [9.17, 15) is 0 Å². The summed E-state index contributed by atoms with van der Waals surface area (Å²) in [5, 5.41) is 4.57. The van der Waals surface area contributed by atoms with Crippen LogP contribution in [0.2, 0.25) is 0 Å². The van der Waals surface area contributed by atoms with Crippen molar-refractivity contribution < 1.29 is 0 Å². The third-order valence-electron chi connectivity index (χ3n) is 3.59. The summed E-state index contributed by atoms with van der Waals surface area (Å²) in [6.07, 6.45) is 5.07. The normalized spacial score (nSPS) is 15.1. The molecule has 0 bridgehead atoms. The fourth-order valence-corrected chi connectivity index (χ4v) is 2.85. The van der Waals surface area contributed by atoms with Crippen molar-refractivity contribution in [2.24, 2.45) is 0 Å². The van der Waals surface area contributed by atoms with E-state index in [0.717, 1.165) is 6.54 Å². The summed E-state index contributed by atoms with van der Waals surface area (Å²) in [5.74, 6) is 0. The van der Waals surface area contributed by atoms with E-state index >= 15 is 0 Å². The van der Waals surface area contributed by atoms with E-state index in [1.807, 2.05) is 0 Å². The van der Waals surface area contributed by atoms with Crippen LogP contribution < -0.4 is 5.32 Å². The molecule has 2 aromatic rings. The van der Waals surface area contributed by atoms with Crippen LogP contribution in [-0.4, -0.2) is 11.0 Å². The molecule has 2 nitrogen and oxygen atoms in total. The standard InChI is InChI=1S/C14H17ClN2/c15-9-16-8-10-5-6-14-12(7-10)11-3-1-2-4-13(11)17-14/h5-7,16-17H,1-4,8-9H2. The first kappa shape index (κ1) is 11.1. The molecule has 0 saturated carbocycles. The summed E-state index contributed by atoms with van der Waals surface area (Å²) in [5.41, 5.74) is 5.59. The molecular formula is C14H17ClN2. The molecule has 1 aromatic heterocycles. The van der Waals surface area contributed by atoms with Crippen LogP contribution in [0.25, 0.3) is 10.9 Å². The van der Waals surface area contributed by atoms with Crippen LogP contribution >= 0.6 is 11.6 Å². The summed E-state index contributed by atoms with van der Waals surface area (Å²) in [6, 6.07) is 7.17. The van der Waals surface area contributed by atoms with Gasteiger partial charge in [0.1, 0.15) is 0 Å². The lowest BCUT2D eigenvalue weighted by Crippen LogP contribution is -2.09. The smallest absolute Gasteiger partial charge is 0.0716 e. The molecule has 1 aliphatic rings. The lowest BCUT2D eigenvalue weighted by molar-refractivity contribution is 0.680. The number of hydrogen-bond donors (Lipinski definition) is 2. The fraction of sp³-hybridized carbons (Fsp3) is 0.429. The Morgan fingerprint density at radius 1 is 1.24 bits per heavy atom. The van der Waals surface area contributed by atoms with E-state index in [4.69, 9.17) is 11.6 Å². The predicted octanol–water partition coefficient (Wildman–Crippen LogP) is 3.33. The van der Waals surface area contributed by atoms with Gasteiger partial charge in [-0.25, -0.2) is 0 Å². The van der Waals surface area contributed by atoms with Gasteiger partial charge in [0, 0.05) is 23.1 Å². The van der Waals surface area contributed by atoms with Gasteiger partial charge in [-0.15, -0.1) is 11.6 Å². The summed E-state index contributed by atoms with van der Waals surface area (Å²) in [7, 11) is 0. The predicted molar refractivity (Wildman–Crippen MR) is 72.5 cm³/mol. The maximum absolute atomic E-state index is 5.65. The lowest BCUT2D eigenvalue weighted by Gasteiger charge is -2.10. The zero-order valence-electron chi connectivity index (χ0n) is 9.85. The molecule has 1 aromatic carbocycles. The monoisotopic (exact) mass is 248 g/mol. The van der Waals surface area contributed by atoms with Gasteiger partial charge < -0.3 is 4.98 Å². The van der Waals surface area contributed by atoms with Crippen LogP contribution in [-0.2, 0) is 19.4 Å².